The Bertz CT molecular complexity index is 388. The maximum atomic E-state index is 11.6. The van der Waals surface area contributed by atoms with Crippen molar-refractivity contribution in [2.45, 2.75) is 26.7 Å². The Hall–Kier alpha value is -0.130. The number of rotatable bonds is 5. The molecule has 2 aliphatic rings. The highest BCUT2D eigenvalue weighted by Gasteiger charge is 2.70. The van der Waals surface area contributed by atoms with Gasteiger partial charge in [-0.15, -0.1) is 0 Å². The lowest BCUT2D eigenvalue weighted by Gasteiger charge is -2.25. The molecule has 1 unspecified atom stereocenters. The SMILES string of the molecule is COCCNCC1C(C)(C)C12CCS(=O)(=O)CC2. The predicted molar refractivity (Wildman–Crippen MR) is 72.3 cm³/mol. The summed E-state index contributed by atoms with van der Waals surface area (Å²) in [5.74, 6) is 1.37. The first-order chi connectivity index (χ1) is 8.36. The fourth-order valence-corrected chi connectivity index (χ4v) is 5.38. The zero-order valence-corrected chi connectivity index (χ0v) is 12.5. The van der Waals surface area contributed by atoms with Gasteiger partial charge in [0.15, 0.2) is 0 Å². The highest BCUT2D eigenvalue weighted by atomic mass is 32.2. The van der Waals surface area contributed by atoms with E-state index in [1.54, 1.807) is 7.11 Å². The van der Waals surface area contributed by atoms with Crippen LogP contribution in [0.25, 0.3) is 0 Å². The van der Waals surface area contributed by atoms with Gasteiger partial charge in [-0.2, -0.15) is 0 Å². The van der Waals surface area contributed by atoms with E-state index in [9.17, 15) is 8.42 Å². The molecule has 1 saturated heterocycles. The minimum absolute atomic E-state index is 0.262. The molecule has 0 aromatic heterocycles. The van der Waals surface area contributed by atoms with Crippen molar-refractivity contribution in [1.29, 1.82) is 0 Å². The Labute approximate surface area is 110 Å². The zero-order valence-electron chi connectivity index (χ0n) is 11.7. The van der Waals surface area contributed by atoms with Crippen LogP contribution in [0.1, 0.15) is 26.7 Å². The smallest absolute Gasteiger partial charge is 0.150 e. The van der Waals surface area contributed by atoms with E-state index >= 15 is 0 Å². The summed E-state index contributed by atoms with van der Waals surface area (Å²) in [5, 5.41) is 3.42. The minimum Gasteiger partial charge on any atom is -0.383 e. The van der Waals surface area contributed by atoms with Crippen LogP contribution in [0.3, 0.4) is 0 Å². The van der Waals surface area contributed by atoms with Gasteiger partial charge >= 0.3 is 0 Å². The van der Waals surface area contributed by atoms with E-state index in [0.717, 1.165) is 32.5 Å². The monoisotopic (exact) mass is 275 g/mol. The predicted octanol–water partition coefficient (Wildman–Crippen LogP) is 1.07. The summed E-state index contributed by atoms with van der Waals surface area (Å²) in [6.45, 7) is 7.16. The van der Waals surface area contributed by atoms with Crippen LogP contribution in [-0.2, 0) is 14.6 Å². The largest absolute Gasteiger partial charge is 0.383 e. The third-order valence-electron chi connectivity index (χ3n) is 5.29. The Morgan fingerprint density at radius 3 is 2.44 bits per heavy atom. The molecule has 0 bridgehead atoms. The summed E-state index contributed by atoms with van der Waals surface area (Å²) >= 11 is 0. The van der Waals surface area contributed by atoms with Crippen LogP contribution in [0.15, 0.2) is 0 Å². The lowest BCUT2D eigenvalue weighted by atomic mass is 9.90. The quantitative estimate of drug-likeness (QED) is 0.763. The minimum atomic E-state index is -2.76. The number of nitrogens with one attached hydrogen (secondary N) is 1. The number of hydrogen-bond donors (Lipinski definition) is 1. The van der Waals surface area contributed by atoms with Gasteiger partial charge in [0.2, 0.25) is 0 Å². The summed E-state index contributed by atoms with van der Waals surface area (Å²) in [6.07, 6.45) is 1.69. The molecule has 18 heavy (non-hydrogen) atoms. The maximum Gasteiger partial charge on any atom is 0.150 e. The Balaban J connectivity index is 1.90. The zero-order chi connectivity index (χ0) is 13.4. The van der Waals surface area contributed by atoms with E-state index in [-0.39, 0.29) is 10.8 Å². The van der Waals surface area contributed by atoms with Crippen LogP contribution in [0, 0.1) is 16.7 Å². The van der Waals surface area contributed by atoms with Gasteiger partial charge in [0.1, 0.15) is 9.84 Å². The van der Waals surface area contributed by atoms with E-state index in [2.05, 4.69) is 19.2 Å². The van der Waals surface area contributed by atoms with Crippen molar-refractivity contribution in [2.75, 3.05) is 38.3 Å². The van der Waals surface area contributed by atoms with Crippen LogP contribution < -0.4 is 5.32 Å². The van der Waals surface area contributed by atoms with Crippen LogP contribution in [0.4, 0.5) is 0 Å². The summed E-state index contributed by atoms with van der Waals surface area (Å²) < 4.78 is 28.1. The molecule has 1 spiro atoms. The first kappa shape index (κ1) is 14.3. The molecule has 0 radical (unpaired) electrons. The van der Waals surface area contributed by atoms with Gasteiger partial charge in [0.25, 0.3) is 0 Å². The molecule has 1 aliphatic carbocycles. The highest BCUT2D eigenvalue weighted by molar-refractivity contribution is 7.91. The van der Waals surface area contributed by atoms with Crippen molar-refractivity contribution in [1.82, 2.24) is 5.32 Å². The molecule has 4 nitrogen and oxygen atoms in total. The number of methoxy groups -OCH3 is 1. The molecule has 5 heteroatoms. The first-order valence-corrected chi connectivity index (χ1v) is 8.58. The van der Waals surface area contributed by atoms with E-state index in [1.165, 1.54) is 0 Å². The molecule has 0 aromatic rings. The van der Waals surface area contributed by atoms with Crippen LogP contribution in [-0.4, -0.2) is 46.7 Å². The highest BCUT2D eigenvalue weighted by Crippen LogP contribution is 2.73. The normalized spacial score (nSPS) is 31.4. The molecule has 0 aromatic carbocycles. The van der Waals surface area contributed by atoms with Crippen LogP contribution in [0.2, 0.25) is 0 Å². The van der Waals surface area contributed by atoms with Crippen molar-refractivity contribution < 1.29 is 13.2 Å². The van der Waals surface area contributed by atoms with Gasteiger partial charge in [-0.1, -0.05) is 13.8 Å². The lowest BCUT2D eigenvalue weighted by Crippen LogP contribution is -2.29. The Kier molecular flexibility index (Phi) is 3.78. The van der Waals surface area contributed by atoms with Crippen molar-refractivity contribution >= 4 is 9.84 Å². The molecule has 1 heterocycles. The maximum absolute atomic E-state index is 11.6. The first-order valence-electron chi connectivity index (χ1n) is 6.76. The van der Waals surface area contributed by atoms with Gasteiger partial charge in [-0.25, -0.2) is 8.42 Å². The average molecular weight is 275 g/mol. The standard InChI is InChI=1S/C13H25NO3S/c1-12(2)11(10-14-6-7-17-3)13(12)4-8-18(15,16)9-5-13/h11,14H,4-10H2,1-3H3. The Morgan fingerprint density at radius 1 is 1.28 bits per heavy atom. The van der Waals surface area contributed by atoms with Gasteiger partial charge in [0, 0.05) is 13.7 Å². The molecular formula is C13H25NO3S. The van der Waals surface area contributed by atoms with Gasteiger partial charge in [-0.3, -0.25) is 0 Å². The fourth-order valence-electron chi connectivity index (χ4n) is 3.83. The third kappa shape index (κ3) is 2.32. The molecule has 2 rings (SSSR count). The van der Waals surface area contributed by atoms with Crippen molar-refractivity contribution in [3.8, 4) is 0 Å². The summed E-state index contributed by atoms with van der Waals surface area (Å²) in [4.78, 5) is 0. The second-order valence-corrected chi connectivity index (χ2v) is 8.58. The van der Waals surface area contributed by atoms with E-state index in [0.29, 0.717) is 17.4 Å². The fraction of sp³-hybridized carbons (Fsp3) is 1.00. The second-order valence-electron chi connectivity index (χ2n) is 6.28. The number of ether oxygens (including phenoxy) is 1. The number of hydrogen-bond acceptors (Lipinski definition) is 4. The summed E-state index contributed by atoms with van der Waals surface area (Å²) in [7, 11) is -1.05. The number of sulfone groups is 1. The second kappa shape index (κ2) is 4.76. The summed E-state index contributed by atoms with van der Waals surface area (Å²) in [6, 6.07) is 0. The van der Waals surface area contributed by atoms with E-state index < -0.39 is 9.84 Å². The molecule has 1 aliphatic heterocycles. The lowest BCUT2D eigenvalue weighted by molar-refractivity contribution is 0.198. The van der Waals surface area contributed by atoms with E-state index in [1.807, 2.05) is 0 Å². The van der Waals surface area contributed by atoms with Gasteiger partial charge < -0.3 is 10.1 Å². The van der Waals surface area contributed by atoms with E-state index in [4.69, 9.17) is 4.74 Å². The molecule has 1 saturated carbocycles. The van der Waals surface area contributed by atoms with Crippen LogP contribution >= 0.6 is 0 Å². The van der Waals surface area contributed by atoms with Crippen molar-refractivity contribution in [3.05, 3.63) is 0 Å². The molecule has 0 amide bonds. The third-order valence-corrected chi connectivity index (χ3v) is 6.94. The van der Waals surface area contributed by atoms with Gasteiger partial charge in [-0.05, 0) is 36.1 Å². The topological polar surface area (TPSA) is 55.4 Å². The molecule has 1 atom stereocenters. The van der Waals surface area contributed by atoms with Crippen molar-refractivity contribution in [2.24, 2.45) is 16.7 Å². The molecule has 1 N–H and O–H groups in total. The Morgan fingerprint density at radius 2 is 1.89 bits per heavy atom. The average Bonchev–Trinajstić information content (AvgIpc) is 2.75. The summed E-state index contributed by atoms with van der Waals surface area (Å²) in [5.41, 5.74) is 0.543. The molecule has 106 valence electrons. The molecular weight excluding hydrogens is 250 g/mol. The van der Waals surface area contributed by atoms with Crippen molar-refractivity contribution in [3.63, 3.8) is 0 Å². The van der Waals surface area contributed by atoms with Crippen LogP contribution in [0.5, 0.6) is 0 Å². The molecule has 2 fully saturated rings. The van der Waals surface area contributed by atoms with Gasteiger partial charge in [0.05, 0.1) is 18.1 Å².